The minimum absolute atomic E-state index is 0.00904. The standard InChI is InChI=1S/C20H32N2O3/c1-14(2)22-12-17(18(13-22)25-5)21-19(23)16-8-6-15(7-9-16)10-11-20(3,4)24/h6-9,14,17-18,24H,10-13H2,1-5H3,(H,21,23)/t17-,18-/m1/s1. The average Bonchev–Trinajstić information content (AvgIpc) is 2.96. The molecule has 1 aliphatic heterocycles. The van der Waals surface area contributed by atoms with E-state index in [4.69, 9.17) is 4.74 Å². The third-order valence-corrected chi connectivity index (χ3v) is 4.89. The summed E-state index contributed by atoms with van der Waals surface area (Å²) in [5.41, 5.74) is 1.11. The Morgan fingerprint density at radius 3 is 2.48 bits per heavy atom. The van der Waals surface area contributed by atoms with Crippen molar-refractivity contribution < 1.29 is 14.6 Å². The SMILES string of the molecule is CO[C@@H]1CN(C(C)C)C[C@H]1NC(=O)c1ccc(CCC(C)(C)O)cc1. The van der Waals surface area contributed by atoms with E-state index < -0.39 is 5.60 Å². The molecule has 1 heterocycles. The van der Waals surface area contributed by atoms with Crippen LogP contribution in [0.5, 0.6) is 0 Å². The minimum atomic E-state index is -0.671. The first-order valence-electron chi connectivity index (χ1n) is 9.08. The predicted molar refractivity (Wildman–Crippen MR) is 99.8 cm³/mol. The van der Waals surface area contributed by atoms with Gasteiger partial charge < -0.3 is 15.2 Å². The van der Waals surface area contributed by atoms with E-state index in [9.17, 15) is 9.90 Å². The highest BCUT2D eigenvalue weighted by Gasteiger charge is 2.35. The number of hydrogen-bond acceptors (Lipinski definition) is 4. The third kappa shape index (κ3) is 5.80. The van der Waals surface area contributed by atoms with Crippen molar-refractivity contribution in [2.24, 2.45) is 0 Å². The lowest BCUT2D eigenvalue weighted by Crippen LogP contribution is -2.43. The van der Waals surface area contributed by atoms with Gasteiger partial charge in [0.1, 0.15) is 0 Å². The van der Waals surface area contributed by atoms with Crippen LogP contribution >= 0.6 is 0 Å². The Morgan fingerprint density at radius 1 is 1.32 bits per heavy atom. The summed E-state index contributed by atoms with van der Waals surface area (Å²) >= 11 is 0. The maximum Gasteiger partial charge on any atom is 0.251 e. The van der Waals surface area contributed by atoms with Gasteiger partial charge in [-0.25, -0.2) is 0 Å². The first kappa shape index (κ1) is 19.9. The van der Waals surface area contributed by atoms with Gasteiger partial charge in [0.05, 0.1) is 17.7 Å². The highest BCUT2D eigenvalue weighted by atomic mass is 16.5. The van der Waals surface area contributed by atoms with E-state index in [1.54, 1.807) is 7.11 Å². The summed E-state index contributed by atoms with van der Waals surface area (Å²) in [7, 11) is 1.70. The Labute approximate surface area is 151 Å². The summed E-state index contributed by atoms with van der Waals surface area (Å²) in [6.07, 6.45) is 1.52. The molecule has 1 saturated heterocycles. The van der Waals surface area contributed by atoms with Gasteiger partial charge in [0.15, 0.2) is 0 Å². The van der Waals surface area contributed by atoms with E-state index >= 15 is 0 Å². The van der Waals surface area contributed by atoms with Gasteiger partial charge in [-0.3, -0.25) is 9.69 Å². The molecule has 5 nitrogen and oxygen atoms in total. The Balaban J connectivity index is 1.94. The lowest BCUT2D eigenvalue weighted by atomic mass is 9.98. The zero-order valence-electron chi connectivity index (χ0n) is 16.1. The van der Waals surface area contributed by atoms with Crippen LogP contribution in [0, 0.1) is 0 Å². The monoisotopic (exact) mass is 348 g/mol. The van der Waals surface area contributed by atoms with Gasteiger partial charge in [-0.05, 0) is 58.2 Å². The second-order valence-corrected chi connectivity index (χ2v) is 7.91. The summed E-state index contributed by atoms with van der Waals surface area (Å²) in [4.78, 5) is 14.9. The number of ether oxygens (including phenoxy) is 1. The Morgan fingerprint density at radius 2 is 1.96 bits per heavy atom. The van der Waals surface area contributed by atoms with Crippen LogP contribution in [0.4, 0.5) is 0 Å². The fourth-order valence-electron chi connectivity index (χ4n) is 3.13. The topological polar surface area (TPSA) is 61.8 Å². The van der Waals surface area contributed by atoms with E-state index in [1.165, 1.54) is 0 Å². The van der Waals surface area contributed by atoms with Crippen LogP contribution in [0.3, 0.4) is 0 Å². The summed E-state index contributed by atoms with van der Waals surface area (Å²) in [6, 6.07) is 8.08. The number of aliphatic hydroxyl groups is 1. The molecule has 140 valence electrons. The molecule has 1 aromatic rings. The first-order chi connectivity index (χ1) is 11.7. The number of nitrogens with zero attached hydrogens (tertiary/aromatic N) is 1. The molecule has 0 bridgehead atoms. The minimum Gasteiger partial charge on any atom is -0.390 e. The van der Waals surface area contributed by atoms with E-state index in [1.807, 2.05) is 38.1 Å². The van der Waals surface area contributed by atoms with Gasteiger partial charge in [-0.2, -0.15) is 0 Å². The molecule has 2 rings (SSSR count). The summed E-state index contributed by atoms with van der Waals surface area (Å²) < 4.78 is 5.54. The van der Waals surface area contributed by atoms with Crippen molar-refractivity contribution in [2.45, 2.75) is 64.3 Å². The number of carbonyl (C=O) groups excluding carboxylic acids is 1. The fraction of sp³-hybridized carbons (Fsp3) is 0.650. The molecule has 0 radical (unpaired) electrons. The first-order valence-corrected chi connectivity index (χ1v) is 9.08. The molecule has 0 unspecified atom stereocenters. The van der Waals surface area contributed by atoms with Gasteiger partial charge in [0, 0.05) is 31.8 Å². The van der Waals surface area contributed by atoms with Crippen LogP contribution in [0.15, 0.2) is 24.3 Å². The van der Waals surface area contributed by atoms with Crippen molar-refractivity contribution in [2.75, 3.05) is 20.2 Å². The number of nitrogens with one attached hydrogen (secondary N) is 1. The Kier molecular flexibility index (Phi) is 6.60. The van der Waals surface area contributed by atoms with E-state index in [-0.39, 0.29) is 18.1 Å². The van der Waals surface area contributed by atoms with Crippen LogP contribution < -0.4 is 5.32 Å². The molecule has 0 aromatic heterocycles. The number of rotatable bonds is 7. The number of benzene rings is 1. The lowest BCUT2D eigenvalue weighted by Gasteiger charge is -2.20. The highest BCUT2D eigenvalue weighted by molar-refractivity contribution is 5.94. The summed E-state index contributed by atoms with van der Waals surface area (Å²) in [6.45, 7) is 9.58. The summed E-state index contributed by atoms with van der Waals surface area (Å²) in [5, 5.41) is 12.9. The molecule has 0 aliphatic carbocycles. The Bertz CT molecular complexity index is 563. The van der Waals surface area contributed by atoms with Gasteiger partial charge >= 0.3 is 0 Å². The highest BCUT2D eigenvalue weighted by Crippen LogP contribution is 2.17. The molecular weight excluding hydrogens is 316 g/mol. The molecule has 1 fully saturated rings. The van der Waals surface area contributed by atoms with Crippen LogP contribution in [0.2, 0.25) is 0 Å². The summed E-state index contributed by atoms with van der Waals surface area (Å²) in [5.74, 6) is -0.0632. The van der Waals surface area contributed by atoms with Gasteiger partial charge in [0.2, 0.25) is 0 Å². The number of methoxy groups -OCH3 is 1. The van der Waals surface area contributed by atoms with Crippen molar-refractivity contribution in [1.82, 2.24) is 10.2 Å². The molecule has 25 heavy (non-hydrogen) atoms. The zero-order chi connectivity index (χ0) is 18.6. The fourth-order valence-corrected chi connectivity index (χ4v) is 3.13. The van der Waals surface area contributed by atoms with Gasteiger partial charge in [0.25, 0.3) is 5.91 Å². The predicted octanol–water partition coefficient (Wildman–Crippen LogP) is 2.23. The van der Waals surface area contributed by atoms with Crippen molar-refractivity contribution >= 4 is 5.91 Å². The molecule has 5 heteroatoms. The van der Waals surface area contributed by atoms with Crippen LogP contribution in [-0.2, 0) is 11.2 Å². The van der Waals surface area contributed by atoms with E-state index in [0.717, 1.165) is 25.1 Å². The zero-order valence-corrected chi connectivity index (χ0v) is 16.1. The quantitative estimate of drug-likeness (QED) is 0.793. The van der Waals surface area contributed by atoms with Crippen molar-refractivity contribution in [3.63, 3.8) is 0 Å². The number of hydrogen-bond donors (Lipinski definition) is 2. The smallest absolute Gasteiger partial charge is 0.251 e. The third-order valence-electron chi connectivity index (χ3n) is 4.89. The molecule has 2 atom stereocenters. The molecule has 2 N–H and O–H groups in total. The maximum atomic E-state index is 12.5. The van der Waals surface area contributed by atoms with Crippen LogP contribution in [0.1, 0.15) is 50.0 Å². The number of likely N-dealkylation sites (tertiary alicyclic amines) is 1. The van der Waals surface area contributed by atoms with Crippen molar-refractivity contribution in [3.05, 3.63) is 35.4 Å². The van der Waals surface area contributed by atoms with Crippen LogP contribution in [0.25, 0.3) is 0 Å². The molecule has 1 aliphatic rings. The number of aryl methyl sites for hydroxylation is 1. The molecule has 1 amide bonds. The van der Waals surface area contributed by atoms with Gasteiger partial charge in [-0.1, -0.05) is 12.1 Å². The number of amides is 1. The van der Waals surface area contributed by atoms with Crippen molar-refractivity contribution in [1.29, 1.82) is 0 Å². The van der Waals surface area contributed by atoms with Crippen LogP contribution in [-0.4, -0.2) is 59.9 Å². The van der Waals surface area contributed by atoms with Gasteiger partial charge in [-0.15, -0.1) is 0 Å². The van der Waals surface area contributed by atoms with Crippen molar-refractivity contribution in [3.8, 4) is 0 Å². The second-order valence-electron chi connectivity index (χ2n) is 7.91. The molecule has 1 aromatic carbocycles. The largest absolute Gasteiger partial charge is 0.390 e. The Hall–Kier alpha value is -1.43. The average molecular weight is 348 g/mol. The number of carbonyl (C=O) groups is 1. The molecular formula is C20H32N2O3. The lowest BCUT2D eigenvalue weighted by molar-refractivity contribution is 0.0713. The molecule has 0 spiro atoms. The normalized spacial score (nSPS) is 21.7. The second kappa shape index (κ2) is 8.30. The maximum absolute atomic E-state index is 12.5. The van der Waals surface area contributed by atoms with E-state index in [0.29, 0.717) is 18.0 Å². The van der Waals surface area contributed by atoms with E-state index in [2.05, 4.69) is 24.1 Å². The molecule has 0 saturated carbocycles.